The highest BCUT2D eigenvalue weighted by Gasteiger charge is 2.23. The standard InChI is InChI=1S/C19H18IN5/c1-24(2)16-9-5-14(6-10-16)18-11-17(13-3-7-15(20)8-4-13)23-19-21-12-22-25(18)19/h3-12,18H,1-2H3,(H,21,22,23)/t18-/m1/s1. The Morgan fingerprint density at radius 3 is 2.44 bits per heavy atom. The van der Waals surface area contributed by atoms with Gasteiger partial charge in [-0.15, -0.1) is 0 Å². The molecule has 0 spiro atoms. The summed E-state index contributed by atoms with van der Waals surface area (Å²) in [5, 5.41) is 7.78. The first-order valence-corrected chi connectivity index (χ1v) is 9.11. The molecular weight excluding hydrogens is 425 g/mol. The summed E-state index contributed by atoms with van der Waals surface area (Å²) < 4.78 is 3.14. The van der Waals surface area contributed by atoms with E-state index in [1.807, 2.05) is 18.8 Å². The zero-order valence-electron chi connectivity index (χ0n) is 14.0. The smallest absolute Gasteiger partial charge is 0.226 e. The minimum absolute atomic E-state index is 0.0178. The molecule has 0 amide bonds. The molecule has 3 aromatic rings. The highest BCUT2D eigenvalue weighted by molar-refractivity contribution is 14.1. The molecule has 1 N–H and O–H groups in total. The Kier molecular flexibility index (Phi) is 4.20. The number of halogens is 1. The molecule has 1 atom stereocenters. The summed E-state index contributed by atoms with van der Waals surface area (Å²) >= 11 is 2.32. The topological polar surface area (TPSA) is 46.0 Å². The van der Waals surface area contributed by atoms with Gasteiger partial charge in [0.15, 0.2) is 0 Å². The second-order valence-corrected chi connectivity index (χ2v) is 7.42. The first-order chi connectivity index (χ1) is 12.1. The molecule has 2 aromatic carbocycles. The molecule has 0 saturated heterocycles. The van der Waals surface area contributed by atoms with Crippen molar-refractivity contribution in [3.63, 3.8) is 0 Å². The molecule has 0 saturated carbocycles. The molecule has 1 aliphatic heterocycles. The Hall–Kier alpha value is -2.35. The lowest BCUT2D eigenvalue weighted by Gasteiger charge is -2.25. The van der Waals surface area contributed by atoms with Gasteiger partial charge >= 0.3 is 0 Å². The zero-order chi connectivity index (χ0) is 17.4. The first kappa shape index (κ1) is 16.1. The third kappa shape index (κ3) is 3.13. The number of hydrogen-bond acceptors (Lipinski definition) is 4. The van der Waals surface area contributed by atoms with Crippen LogP contribution in [0.2, 0.25) is 0 Å². The van der Waals surface area contributed by atoms with Crippen molar-refractivity contribution < 1.29 is 0 Å². The summed E-state index contributed by atoms with van der Waals surface area (Å²) in [7, 11) is 4.09. The maximum absolute atomic E-state index is 4.40. The van der Waals surface area contributed by atoms with Gasteiger partial charge in [-0.3, -0.25) is 0 Å². The third-order valence-electron chi connectivity index (χ3n) is 4.31. The van der Waals surface area contributed by atoms with E-state index < -0.39 is 0 Å². The molecule has 0 aliphatic carbocycles. The first-order valence-electron chi connectivity index (χ1n) is 8.03. The predicted octanol–water partition coefficient (Wildman–Crippen LogP) is 4.00. The van der Waals surface area contributed by atoms with Crippen LogP contribution in [0.1, 0.15) is 17.2 Å². The van der Waals surface area contributed by atoms with Crippen molar-refractivity contribution in [3.8, 4) is 0 Å². The number of anilines is 2. The van der Waals surface area contributed by atoms with Crippen molar-refractivity contribution in [1.29, 1.82) is 0 Å². The summed E-state index contributed by atoms with van der Waals surface area (Å²) in [6.07, 6.45) is 3.79. The van der Waals surface area contributed by atoms with Crippen molar-refractivity contribution in [3.05, 3.63) is 75.6 Å². The Morgan fingerprint density at radius 2 is 1.76 bits per heavy atom. The average Bonchev–Trinajstić information content (AvgIpc) is 3.10. The highest BCUT2D eigenvalue weighted by Crippen LogP contribution is 2.32. The van der Waals surface area contributed by atoms with Crippen molar-refractivity contribution in [2.45, 2.75) is 6.04 Å². The van der Waals surface area contributed by atoms with E-state index in [4.69, 9.17) is 0 Å². The van der Waals surface area contributed by atoms with Crippen molar-refractivity contribution in [1.82, 2.24) is 14.8 Å². The van der Waals surface area contributed by atoms with Crippen LogP contribution in [-0.2, 0) is 0 Å². The number of nitrogens with zero attached hydrogens (tertiary/aromatic N) is 4. The third-order valence-corrected chi connectivity index (χ3v) is 5.03. The number of nitrogens with one attached hydrogen (secondary N) is 1. The second-order valence-electron chi connectivity index (χ2n) is 6.17. The summed E-state index contributed by atoms with van der Waals surface area (Å²) in [6, 6.07) is 17.1. The Bertz CT molecular complexity index is 910. The van der Waals surface area contributed by atoms with Gasteiger partial charge in [-0.1, -0.05) is 24.3 Å². The Balaban J connectivity index is 1.75. The minimum Gasteiger partial charge on any atom is -0.378 e. The Morgan fingerprint density at radius 1 is 1.04 bits per heavy atom. The van der Waals surface area contributed by atoms with Crippen LogP contribution in [0.3, 0.4) is 0 Å². The number of fused-ring (bicyclic) bond motifs is 1. The second kappa shape index (κ2) is 6.51. The number of allylic oxidation sites excluding steroid dienone is 1. The molecule has 5 nitrogen and oxygen atoms in total. The SMILES string of the molecule is CN(C)c1ccc([C@H]2C=C(c3ccc(I)cc3)Nc3ncnn32)cc1. The van der Waals surface area contributed by atoms with Gasteiger partial charge in [0, 0.05) is 29.0 Å². The molecule has 0 unspecified atom stereocenters. The van der Waals surface area contributed by atoms with Crippen LogP contribution >= 0.6 is 22.6 Å². The van der Waals surface area contributed by atoms with Crippen LogP contribution in [-0.4, -0.2) is 28.9 Å². The molecule has 1 aliphatic rings. The lowest BCUT2D eigenvalue weighted by Crippen LogP contribution is -2.20. The van der Waals surface area contributed by atoms with E-state index in [9.17, 15) is 0 Å². The predicted molar refractivity (Wildman–Crippen MR) is 110 cm³/mol. The van der Waals surface area contributed by atoms with E-state index in [1.54, 1.807) is 6.33 Å². The molecule has 126 valence electrons. The van der Waals surface area contributed by atoms with E-state index >= 15 is 0 Å². The lowest BCUT2D eigenvalue weighted by molar-refractivity contribution is 0.612. The molecule has 0 fully saturated rings. The van der Waals surface area contributed by atoms with Gasteiger partial charge in [-0.05, 0) is 64.1 Å². The highest BCUT2D eigenvalue weighted by atomic mass is 127. The molecule has 2 heterocycles. The molecule has 1 aromatic heterocycles. The Labute approximate surface area is 160 Å². The van der Waals surface area contributed by atoms with Gasteiger partial charge in [0.1, 0.15) is 12.4 Å². The van der Waals surface area contributed by atoms with Gasteiger partial charge in [0.2, 0.25) is 5.95 Å². The van der Waals surface area contributed by atoms with Crippen LogP contribution < -0.4 is 10.2 Å². The van der Waals surface area contributed by atoms with Crippen molar-refractivity contribution in [2.75, 3.05) is 24.3 Å². The molecule has 6 heteroatoms. The number of hydrogen-bond donors (Lipinski definition) is 1. The quantitative estimate of drug-likeness (QED) is 0.622. The van der Waals surface area contributed by atoms with E-state index in [2.05, 4.69) is 97.5 Å². The fourth-order valence-electron chi connectivity index (χ4n) is 2.94. The maximum atomic E-state index is 4.40. The summed E-state index contributed by atoms with van der Waals surface area (Å²) in [5.74, 6) is 0.762. The minimum atomic E-state index is 0.0178. The number of benzene rings is 2. The van der Waals surface area contributed by atoms with Gasteiger partial charge < -0.3 is 10.2 Å². The molecule has 25 heavy (non-hydrogen) atoms. The summed E-state index contributed by atoms with van der Waals surface area (Å²) in [6.45, 7) is 0. The van der Waals surface area contributed by atoms with Gasteiger partial charge in [0.05, 0.1) is 0 Å². The number of aromatic nitrogens is 3. The van der Waals surface area contributed by atoms with E-state index in [0.29, 0.717) is 0 Å². The van der Waals surface area contributed by atoms with Crippen LogP contribution in [0.25, 0.3) is 5.70 Å². The van der Waals surface area contributed by atoms with Crippen molar-refractivity contribution >= 4 is 39.9 Å². The summed E-state index contributed by atoms with van der Waals surface area (Å²) in [4.78, 5) is 6.46. The van der Waals surface area contributed by atoms with Crippen LogP contribution in [0.15, 0.2) is 60.9 Å². The molecular formula is C19H18IN5. The van der Waals surface area contributed by atoms with Crippen molar-refractivity contribution in [2.24, 2.45) is 0 Å². The number of rotatable bonds is 3. The zero-order valence-corrected chi connectivity index (χ0v) is 16.2. The van der Waals surface area contributed by atoms with Crippen LogP contribution in [0.4, 0.5) is 11.6 Å². The largest absolute Gasteiger partial charge is 0.378 e. The molecule has 0 bridgehead atoms. The van der Waals surface area contributed by atoms with Gasteiger partial charge in [-0.25, -0.2) is 4.68 Å². The van der Waals surface area contributed by atoms with Gasteiger partial charge in [-0.2, -0.15) is 10.1 Å². The monoisotopic (exact) mass is 443 g/mol. The van der Waals surface area contributed by atoms with E-state index in [-0.39, 0.29) is 6.04 Å². The average molecular weight is 443 g/mol. The maximum Gasteiger partial charge on any atom is 0.226 e. The van der Waals surface area contributed by atoms with Crippen LogP contribution in [0, 0.1) is 3.57 Å². The fourth-order valence-corrected chi connectivity index (χ4v) is 3.30. The molecule has 0 radical (unpaired) electrons. The fraction of sp³-hybridized carbons (Fsp3) is 0.158. The lowest BCUT2D eigenvalue weighted by atomic mass is 10.0. The summed E-state index contributed by atoms with van der Waals surface area (Å²) in [5.41, 5.74) is 4.56. The van der Waals surface area contributed by atoms with Crippen LogP contribution in [0.5, 0.6) is 0 Å². The normalized spacial score (nSPS) is 16.0. The van der Waals surface area contributed by atoms with E-state index in [1.165, 1.54) is 14.8 Å². The van der Waals surface area contributed by atoms with E-state index in [0.717, 1.165) is 17.2 Å². The molecule has 4 rings (SSSR count). The van der Waals surface area contributed by atoms with Gasteiger partial charge in [0.25, 0.3) is 0 Å².